The fourth-order valence-electron chi connectivity index (χ4n) is 3.88. The molecule has 5 nitrogen and oxygen atoms in total. The first-order valence-corrected chi connectivity index (χ1v) is 9.70. The molecule has 0 atom stereocenters. The van der Waals surface area contributed by atoms with E-state index in [0.717, 1.165) is 36.8 Å². The lowest BCUT2D eigenvalue weighted by atomic mass is 9.82. The van der Waals surface area contributed by atoms with Crippen LogP contribution in [0.15, 0.2) is 35.4 Å². The van der Waals surface area contributed by atoms with Gasteiger partial charge >= 0.3 is 0 Å². The Hall–Kier alpha value is -2.14. The van der Waals surface area contributed by atoms with Gasteiger partial charge in [-0.05, 0) is 49.9 Å². The molecule has 0 N–H and O–H groups in total. The fraction of sp³-hybridized carbons (Fsp3) is 0.450. The van der Waals surface area contributed by atoms with Crippen molar-refractivity contribution in [3.8, 4) is 5.69 Å². The van der Waals surface area contributed by atoms with Crippen LogP contribution in [0.2, 0.25) is 5.02 Å². The molecule has 0 unspecified atom stereocenters. The van der Waals surface area contributed by atoms with E-state index in [4.69, 9.17) is 16.6 Å². The normalized spacial score (nSPS) is 20.6. The van der Waals surface area contributed by atoms with Crippen LogP contribution >= 0.6 is 11.6 Å². The maximum atomic E-state index is 13.3. The Morgan fingerprint density at radius 1 is 1.15 bits per heavy atom. The number of halogens is 1. The minimum atomic E-state index is -0.0989. The zero-order valence-corrected chi connectivity index (χ0v) is 15.9. The van der Waals surface area contributed by atoms with Crippen LogP contribution in [0.4, 0.5) is 0 Å². The van der Waals surface area contributed by atoms with Crippen molar-refractivity contribution in [2.24, 2.45) is 5.92 Å². The second kappa shape index (κ2) is 6.88. The van der Waals surface area contributed by atoms with Crippen molar-refractivity contribution in [3.05, 3.63) is 51.8 Å². The summed E-state index contributed by atoms with van der Waals surface area (Å²) < 4.78 is 3.68. The van der Waals surface area contributed by atoms with E-state index >= 15 is 0 Å². The van der Waals surface area contributed by atoms with Crippen molar-refractivity contribution < 1.29 is 0 Å². The van der Waals surface area contributed by atoms with Crippen LogP contribution in [0.25, 0.3) is 16.9 Å². The molecular weight excluding hydrogens is 348 g/mol. The Morgan fingerprint density at radius 2 is 1.85 bits per heavy atom. The standard InChI is InChI=1S/C20H23ClN4O/c1-3-24-12-22-17-19(24)23-18(14-6-4-13(2)5-7-14)25(20(17)26)16-10-8-15(21)9-11-16/h8-14H,3-7H2,1-2H3. The van der Waals surface area contributed by atoms with E-state index in [9.17, 15) is 4.79 Å². The van der Waals surface area contributed by atoms with Crippen molar-refractivity contribution in [2.75, 3.05) is 0 Å². The summed E-state index contributed by atoms with van der Waals surface area (Å²) in [6, 6.07) is 7.38. The van der Waals surface area contributed by atoms with Gasteiger partial charge < -0.3 is 4.57 Å². The lowest BCUT2D eigenvalue weighted by Gasteiger charge is -2.27. The highest BCUT2D eigenvalue weighted by atomic mass is 35.5. The number of hydrogen-bond acceptors (Lipinski definition) is 3. The van der Waals surface area contributed by atoms with Gasteiger partial charge in [-0.1, -0.05) is 31.4 Å². The lowest BCUT2D eigenvalue weighted by Crippen LogP contribution is -2.27. The van der Waals surface area contributed by atoms with Gasteiger partial charge in [0.1, 0.15) is 5.82 Å². The smallest absolute Gasteiger partial charge is 0.286 e. The molecule has 2 aromatic heterocycles. The molecule has 136 valence electrons. The second-order valence-corrected chi connectivity index (χ2v) is 7.68. The van der Waals surface area contributed by atoms with E-state index < -0.39 is 0 Å². The van der Waals surface area contributed by atoms with Gasteiger partial charge in [-0.3, -0.25) is 9.36 Å². The SMILES string of the molecule is CCn1cnc2c(=O)n(-c3ccc(Cl)cc3)c(C3CCC(C)CC3)nc21. The Labute approximate surface area is 157 Å². The zero-order chi connectivity index (χ0) is 18.3. The number of aromatic nitrogens is 4. The summed E-state index contributed by atoms with van der Waals surface area (Å²) in [6.07, 6.45) is 6.18. The van der Waals surface area contributed by atoms with E-state index in [1.807, 2.05) is 35.8 Å². The maximum absolute atomic E-state index is 13.3. The molecule has 0 spiro atoms. The molecule has 1 aromatic carbocycles. The first-order valence-electron chi connectivity index (χ1n) is 9.32. The monoisotopic (exact) mass is 370 g/mol. The van der Waals surface area contributed by atoms with Crippen LogP contribution in [0.5, 0.6) is 0 Å². The van der Waals surface area contributed by atoms with Crippen molar-refractivity contribution >= 4 is 22.8 Å². The van der Waals surface area contributed by atoms with E-state index in [1.165, 1.54) is 12.8 Å². The Morgan fingerprint density at radius 3 is 2.50 bits per heavy atom. The third-order valence-electron chi connectivity index (χ3n) is 5.47. The Kier molecular flexibility index (Phi) is 4.57. The van der Waals surface area contributed by atoms with Crippen molar-refractivity contribution in [3.63, 3.8) is 0 Å². The zero-order valence-electron chi connectivity index (χ0n) is 15.2. The van der Waals surface area contributed by atoms with Crippen molar-refractivity contribution in [1.82, 2.24) is 19.1 Å². The molecule has 1 saturated carbocycles. The predicted molar refractivity (Wildman–Crippen MR) is 104 cm³/mol. The molecule has 3 aromatic rings. The summed E-state index contributed by atoms with van der Waals surface area (Å²) in [5.74, 6) is 1.89. The summed E-state index contributed by atoms with van der Waals surface area (Å²) >= 11 is 6.04. The van der Waals surface area contributed by atoms with Crippen LogP contribution in [0, 0.1) is 5.92 Å². The topological polar surface area (TPSA) is 52.7 Å². The lowest BCUT2D eigenvalue weighted by molar-refractivity contribution is 0.336. The molecule has 0 bridgehead atoms. The predicted octanol–water partition coefficient (Wildman–Crippen LogP) is 4.55. The van der Waals surface area contributed by atoms with Crippen LogP contribution in [0.3, 0.4) is 0 Å². The van der Waals surface area contributed by atoms with Gasteiger partial charge in [-0.25, -0.2) is 9.97 Å². The number of aryl methyl sites for hydroxylation is 1. The number of benzene rings is 1. The molecule has 0 saturated heterocycles. The van der Waals surface area contributed by atoms with Crippen molar-refractivity contribution in [1.29, 1.82) is 0 Å². The molecular formula is C20H23ClN4O. The van der Waals surface area contributed by atoms with Crippen LogP contribution in [0.1, 0.15) is 51.3 Å². The highest BCUT2D eigenvalue weighted by molar-refractivity contribution is 6.30. The van der Waals surface area contributed by atoms with E-state index in [-0.39, 0.29) is 5.56 Å². The van der Waals surface area contributed by atoms with Crippen molar-refractivity contribution in [2.45, 2.75) is 52.0 Å². The Balaban J connectivity index is 1.95. The van der Waals surface area contributed by atoms with E-state index in [0.29, 0.717) is 22.1 Å². The first kappa shape index (κ1) is 17.3. The van der Waals surface area contributed by atoms with E-state index in [1.54, 1.807) is 10.9 Å². The molecule has 4 rings (SSSR count). The average molecular weight is 371 g/mol. The highest BCUT2D eigenvalue weighted by Crippen LogP contribution is 2.35. The fourth-order valence-corrected chi connectivity index (χ4v) is 4.00. The molecule has 1 fully saturated rings. The molecule has 0 radical (unpaired) electrons. The maximum Gasteiger partial charge on any atom is 0.286 e. The molecule has 1 aliphatic rings. The quantitative estimate of drug-likeness (QED) is 0.679. The number of hydrogen-bond donors (Lipinski definition) is 0. The van der Waals surface area contributed by atoms with Gasteiger partial charge in [0.15, 0.2) is 11.2 Å². The van der Waals surface area contributed by atoms with Crippen LogP contribution < -0.4 is 5.56 Å². The third-order valence-corrected chi connectivity index (χ3v) is 5.72. The van der Waals surface area contributed by atoms with Gasteiger partial charge in [0, 0.05) is 17.5 Å². The molecule has 0 aliphatic heterocycles. The molecule has 26 heavy (non-hydrogen) atoms. The molecule has 6 heteroatoms. The summed E-state index contributed by atoms with van der Waals surface area (Å²) in [7, 11) is 0. The van der Waals surface area contributed by atoms with Gasteiger partial charge in [0.05, 0.1) is 12.0 Å². The second-order valence-electron chi connectivity index (χ2n) is 7.25. The largest absolute Gasteiger partial charge is 0.315 e. The third kappa shape index (κ3) is 2.94. The van der Waals surface area contributed by atoms with Gasteiger partial charge in [-0.15, -0.1) is 0 Å². The van der Waals surface area contributed by atoms with Crippen LogP contribution in [-0.4, -0.2) is 19.1 Å². The minimum Gasteiger partial charge on any atom is -0.315 e. The number of imidazole rings is 1. The molecule has 2 heterocycles. The van der Waals surface area contributed by atoms with Gasteiger partial charge in [0.2, 0.25) is 0 Å². The number of fused-ring (bicyclic) bond motifs is 1. The number of nitrogens with zero attached hydrogens (tertiary/aromatic N) is 4. The summed E-state index contributed by atoms with van der Waals surface area (Å²) in [4.78, 5) is 22.6. The number of rotatable bonds is 3. The highest BCUT2D eigenvalue weighted by Gasteiger charge is 2.26. The Bertz CT molecular complexity index is 981. The summed E-state index contributed by atoms with van der Waals surface area (Å²) in [6.45, 7) is 5.08. The molecule has 0 amide bonds. The minimum absolute atomic E-state index is 0.0989. The summed E-state index contributed by atoms with van der Waals surface area (Å²) in [5, 5.41) is 0.652. The average Bonchev–Trinajstić information content (AvgIpc) is 3.07. The molecule has 1 aliphatic carbocycles. The van der Waals surface area contributed by atoms with Gasteiger partial charge in [0.25, 0.3) is 5.56 Å². The van der Waals surface area contributed by atoms with Gasteiger partial charge in [-0.2, -0.15) is 0 Å². The van der Waals surface area contributed by atoms with E-state index in [2.05, 4.69) is 11.9 Å². The first-order chi connectivity index (χ1) is 12.6. The van der Waals surface area contributed by atoms with Crippen LogP contribution in [-0.2, 0) is 6.54 Å². The summed E-state index contributed by atoms with van der Waals surface area (Å²) in [5.41, 5.74) is 1.82.